The van der Waals surface area contributed by atoms with E-state index in [0.717, 1.165) is 34.1 Å². The first kappa shape index (κ1) is 39.6. The first-order valence-corrected chi connectivity index (χ1v) is 24.1. The van der Waals surface area contributed by atoms with E-state index in [-0.39, 0.29) is 5.41 Å². The number of rotatable bonds is 4. The van der Waals surface area contributed by atoms with Crippen LogP contribution in [0.2, 0.25) is 0 Å². The van der Waals surface area contributed by atoms with E-state index in [1.807, 2.05) is 0 Å². The standard InChI is InChI=1S/C65H48N4/c1-65(2)53-23-8-7-21-46(53)47-35-32-42(38-54(47)65)63-49-36-33-44(69-61-30-15-11-26-57(61)67(4)58-27-12-16-31-62(58)69)40-52(49)64(48-22-17-19-41-18-5-6-20-45(41)48)50-37-34-43(39-51(50)63)68-59-28-13-9-24-55(59)66(3)56-25-10-14-29-60(56)68/h5-40H,1-4H3. The highest BCUT2D eigenvalue weighted by Crippen LogP contribution is 2.56. The normalized spacial score (nSPS) is 14.1. The van der Waals surface area contributed by atoms with Crippen molar-refractivity contribution in [2.75, 3.05) is 33.7 Å². The van der Waals surface area contributed by atoms with Gasteiger partial charge in [0.2, 0.25) is 0 Å². The minimum atomic E-state index is -0.162. The summed E-state index contributed by atoms with van der Waals surface area (Å²) in [5, 5.41) is 7.32. The Hall–Kier alpha value is -8.60. The summed E-state index contributed by atoms with van der Waals surface area (Å²) >= 11 is 0. The molecule has 4 heteroatoms. The van der Waals surface area contributed by atoms with Crippen molar-refractivity contribution < 1.29 is 0 Å². The topological polar surface area (TPSA) is 13.0 Å². The molecule has 0 amide bonds. The van der Waals surface area contributed by atoms with Crippen LogP contribution in [0.25, 0.3) is 65.7 Å². The van der Waals surface area contributed by atoms with Crippen LogP contribution in [0, 0.1) is 0 Å². The second-order valence-corrected chi connectivity index (χ2v) is 19.4. The second kappa shape index (κ2) is 14.7. The van der Waals surface area contributed by atoms with Gasteiger partial charge < -0.3 is 19.6 Å². The van der Waals surface area contributed by atoms with Gasteiger partial charge in [-0.15, -0.1) is 0 Å². The van der Waals surface area contributed by atoms with E-state index in [4.69, 9.17) is 0 Å². The van der Waals surface area contributed by atoms with Crippen LogP contribution in [0.4, 0.5) is 56.9 Å². The minimum Gasteiger partial charge on any atom is -0.341 e. The Labute approximate surface area is 403 Å². The molecule has 2 aliphatic heterocycles. The predicted octanol–water partition coefficient (Wildman–Crippen LogP) is 17.9. The molecule has 14 rings (SSSR count). The zero-order valence-electron chi connectivity index (χ0n) is 39.1. The second-order valence-electron chi connectivity index (χ2n) is 19.4. The Bertz CT molecular complexity index is 3860. The molecule has 11 aromatic carbocycles. The summed E-state index contributed by atoms with van der Waals surface area (Å²) < 4.78 is 0. The third-order valence-electron chi connectivity index (χ3n) is 15.5. The van der Waals surface area contributed by atoms with E-state index < -0.39 is 0 Å². The Balaban J connectivity index is 1.11. The zero-order chi connectivity index (χ0) is 46.1. The van der Waals surface area contributed by atoms with Crippen LogP contribution in [-0.2, 0) is 5.41 Å². The summed E-state index contributed by atoms with van der Waals surface area (Å²) in [5.41, 5.74) is 21.7. The molecule has 2 heterocycles. The van der Waals surface area contributed by atoms with Crippen molar-refractivity contribution in [3.63, 3.8) is 0 Å². The number of nitrogens with zero attached hydrogens (tertiary/aromatic N) is 4. The number of anilines is 10. The van der Waals surface area contributed by atoms with Gasteiger partial charge in [-0.2, -0.15) is 0 Å². The molecule has 0 saturated carbocycles. The van der Waals surface area contributed by atoms with Crippen molar-refractivity contribution in [2.45, 2.75) is 19.3 Å². The molecule has 0 saturated heterocycles. The van der Waals surface area contributed by atoms with E-state index in [1.54, 1.807) is 0 Å². The molecular weight excluding hydrogens is 837 g/mol. The summed E-state index contributed by atoms with van der Waals surface area (Å²) in [6, 6.07) is 81.5. The van der Waals surface area contributed by atoms with E-state index in [9.17, 15) is 0 Å². The van der Waals surface area contributed by atoms with Crippen molar-refractivity contribution in [1.82, 2.24) is 0 Å². The first-order valence-electron chi connectivity index (χ1n) is 24.1. The smallest absolute Gasteiger partial charge is 0.0699 e. The number of benzene rings is 11. The van der Waals surface area contributed by atoms with Gasteiger partial charge in [0.1, 0.15) is 0 Å². The van der Waals surface area contributed by atoms with Crippen LogP contribution in [-0.4, -0.2) is 14.1 Å². The molecule has 0 radical (unpaired) electrons. The highest BCUT2D eigenvalue weighted by molar-refractivity contribution is 6.25. The van der Waals surface area contributed by atoms with Gasteiger partial charge in [0.15, 0.2) is 0 Å². The van der Waals surface area contributed by atoms with Gasteiger partial charge >= 0.3 is 0 Å². The van der Waals surface area contributed by atoms with Crippen molar-refractivity contribution in [1.29, 1.82) is 0 Å². The summed E-state index contributed by atoms with van der Waals surface area (Å²) in [7, 11) is 4.35. The maximum atomic E-state index is 2.51. The summed E-state index contributed by atoms with van der Waals surface area (Å²) in [5.74, 6) is 0. The lowest BCUT2D eigenvalue weighted by atomic mass is 9.80. The van der Waals surface area contributed by atoms with Gasteiger partial charge in [-0.1, -0.05) is 153 Å². The van der Waals surface area contributed by atoms with Crippen LogP contribution in [0.1, 0.15) is 25.0 Å². The predicted molar refractivity (Wildman–Crippen MR) is 293 cm³/mol. The third kappa shape index (κ3) is 5.63. The summed E-state index contributed by atoms with van der Waals surface area (Å²) in [6.07, 6.45) is 0. The van der Waals surface area contributed by atoms with Crippen molar-refractivity contribution in [3.05, 3.63) is 230 Å². The van der Waals surface area contributed by atoms with Crippen LogP contribution in [0.3, 0.4) is 0 Å². The quantitative estimate of drug-likeness (QED) is 0.163. The van der Waals surface area contributed by atoms with Gasteiger partial charge in [-0.3, -0.25) is 0 Å². The van der Waals surface area contributed by atoms with Crippen LogP contribution < -0.4 is 19.6 Å². The fourth-order valence-electron chi connectivity index (χ4n) is 12.2. The largest absolute Gasteiger partial charge is 0.341 e. The van der Waals surface area contributed by atoms with E-state index >= 15 is 0 Å². The maximum absolute atomic E-state index is 2.51. The van der Waals surface area contributed by atoms with Gasteiger partial charge in [-0.05, 0) is 156 Å². The molecule has 0 aromatic heterocycles. The lowest BCUT2D eigenvalue weighted by Gasteiger charge is -2.39. The van der Waals surface area contributed by atoms with Crippen LogP contribution in [0.15, 0.2) is 218 Å². The molecule has 0 spiro atoms. The van der Waals surface area contributed by atoms with E-state index in [1.165, 1.54) is 99.6 Å². The molecule has 0 atom stereocenters. The molecule has 0 unspecified atom stereocenters. The Morgan fingerprint density at radius 2 is 0.739 bits per heavy atom. The molecule has 1 aliphatic carbocycles. The Kier molecular flexibility index (Phi) is 8.43. The van der Waals surface area contributed by atoms with Crippen molar-refractivity contribution in [2.24, 2.45) is 0 Å². The molecule has 0 N–H and O–H groups in total. The van der Waals surface area contributed by atoms with Crippen molar-refractivity contribution in [3.8, 4) is 33.4 Å². The zero-order valence-corrected chi connectivity index (χ0v) is 39.1. The highest BCUT2D eigenvalue weighted by atomic mass is 15.3. The molecule has 3 aliphatic rings. The Morgan fingerprint density at radius 3 is 1.32 bits per heavy atom. The summed E-state index contributed by atoms with van der Waals surface area (Å²) in [6.45, 7) is 4.78. The van der Waals surface area contributed by atoms with E-state index in [2.05, 4.69) is 266 Å². The number of hydrogen-bond donors (Lipinski definition) is 0. The molecular formula is C65H48N4. The lowest BCUT2D eigenvalue weighted by molar-refractivity contribution is 0.660. The monoisotopic (exact) mass is 884 g/mol. The lowest BCUT2D eigenvalue weighted by Crippen LogP contribution is -2.24. The van der Waals surface area contributed by atoms with Crippen molar-refractivity contribution >= 4 is 89.2 Å². The SMILES string of the molecule is CN1c2ccccc2N(c2ccc3c(-c4cccc5ccccc45)c4cc(N5c6ccccc6N(C)c6ccccc65)ccc4c(-c4ccc5c(c4)C(C)(C)c4ccccc4-5)c3c2)c2ccccc21. The molecule has 11 aromatic rings. The highest BCUT2D eigenvalue weighted by Gasteiger charge is 2.36. The van der Waals surface area contributed by atoms with Gasteiger partial charge in [0, 0.05) is 30.9 Å². The first-order chi connectivity index (χ1) is 33.8. The van der Waals surface area contributed by atoms with Crippen LogP contribution in [0.5, 0.6) is 0 Å². The third-order valence-corrected chi connectivity index (χ3v) is 15.5. The van der Waals surface area contributed by atoms with Crippen LogP contribution >= 0.6 is 0 Å². The molecule has 328 valence electrons. The summed E-state index contributed by atoms with van der Waals surface area (Å²) in [4.78, 5) is 9.56. The molecule has 0 bridgehead atoms. The number of fused-ring (bicyclic) bond motifs is 10. The fraction of sp³-hybridized carbons (Fsp3) is 0.0769. The average molecular weight is 885 g/mol. The maximum Gasteiger partial charge on any atom is 0.0699 e. The molecule has 4 nitrogen and oxygen atoms in total. The number of hydrogen-bond acceptors (Lipinski definition) is 4. The molecule has 69 heavy (non-hydrogen) atoms. The van der Waals surface area contributed by atoms with E-state index in [0.29, 0.717) is 0 Å². The minimum absolute atomic E-state index is 0.162. The van der Waals surface area contributed by atoms with Gasteiger partial charge in [0.25, 0.3) is 0 Å². The van der Waals surface area contributed by atoms with Gasteiger partial charge in [-0.25, -0.2) is 0 Å². The number of para-hydroxylation sites is 8. The van der Waals surface area contributed by atoms with Gasteiger partial charge in [0.05, 0.1) is 45.5 Å². The fourth-order valence-corrected chi connectivity index (χ4v) is 12.2. The Morgan fingerprint density at radius 1 is 0.304 bits per heavy atom. The molecule has 0 fully saturated rings. The average Bonchev–Trinajstić information content (AvgIpc) is 3.63.